The van der Waals surface area contributed by atoms with Crippen molar-refractivity contribution in [3.63, 3.8) is 0 Å². The summed E-state index contributed by atoms with van der Waals surface area (Å²) in [6.07, 6.45) is 5.37. The quantitative estimate of drug-likeness (QED) is 0.763. The van der Waals surface area contributed by atoms with Crippen molar-refractivity contribution < 1.29 is 9.15 Å². The number of oxazole rings is 1. The molecule has 24 heavy (non-hydrogen) atoms. The van der Waals surface area contributed by atoms with Crippen molar-refractivity contribution in [3.05, 3.63) is 48.4 Å². The fourth-order valence-corrected chi connectivity index (χ4v) is 2.78. The summed E-state index contributed by atoms with van der Waals surface area (Å²) in [6, 6.07) is 7.56. The van der Waals surface area contributed by atoms with Crippen LogP contribution >= 0.6 is 0 Å². The van der Waals surface area contributed by atoms with Gasteiger partial charge < -0.3 is 14.5 Å². The molecule has 0 atom stereocenters. The van der Waals surface area contributed by atoms with Crippen LogP contribution < -0.4 is 10.1 Å². The van der Waals surface area contributed by atoms with E-state index >= 15 is 0 Å². The summed E-state index contributed by atoms with van der Waals surface area (Å²) in [4.78, 5) is 4.56. The number of nitrogens with one attached hydrogen (secondary N) is 1. The normalized spacial score (nSPS) is 15.5. The third-order valence-electron chi connectivity index (χ3n) is 4.09. The first-order valence-electron chi connectivity index (χ1n) is 8.00. The Bertz CT molecular complexity index is 762. The van der Waals surface area contributed by atoms with Crippen LogP contribution in [0.25, 0.3) is 5.69 Å². The van der Waals surface area contributed by atoms with E-state index in [4.69, 9.17) is 9.15 Å². The Morgan fingerprint density at radius 2 is 2.04 bits per heavy atom. The second kappa shape index (κ2) is 6.79. The molecule has 1 aromatic carbocycles. The third-order valence-corrected chi connectivity index (χ3v) is 4.09. The van der Waals surface area contributed by atoms with Crippen molar-refractivity contribution >= 4 is 0 Å². The lowest BCUT2D eigenvalue weighted by atomic mass is 9.98. The number of hydrogen-bond donors (Lipinski definition) is 1. The molecular formula is C16H18N6O2. The molecule has 124 valence electrons. The van der Waals surface area contributed by atoms with Crippen LogP contribution in [0.15, 0.2) is 41.3 Å². The van der Waals surface area contributed by atoms with Crippen molar-refractivity contribution in [3.8, 4) is 11.4 Å². The highest BCUT2D eigenvalue weighted by Crippen LogP contribution is 2.24. The van der Waals surface area contributed by atoms with Gasteiger partial charge in [-0.05, 0) is 60.6 Å². The van der Waals surface area contributed by atoms with Crippen molar-refractivity contribution in [2.75, 3.05) is 13.1 Å². The van der Waals surface area contributed by atoms with Gasteiger partial charge in [0, 0.05) is 5.92 Å². The van der Waals surface area contributed by atoms with Gasteiger partial charge in [-0.2, -0.15) is 0 Å². The van der Waals surface area contributed by atoms with E-state index < -0.39 is 0 Å². The molecule has 0 unspecified atom stereocenters. The molecule has 1 fully saturated rings. The van der Waals surface area contributed by atoms with Gasteiger partial charge in [0.05, 0.1) is 5.69 Å². The van der Waals surface area contributed by atoms with Crippen molar-refractivity contribution in [2.45, 2.75) is 25.4 Å². The maximum absolute atomic E-state index is 5.77. The van der Waals surface area contributed by atoms with Gasteiger partial charge >= 0.3 is 0 Å². The summed E-state index contributed by atoms with van der Waals surface area (Å²) in [6.45, 7) is 2.43. The largest absolute Gasteiger partial charge is 0.487 e. The molecule has 1 aliphatic heterocycles. The summed E-state index contributed by atoms with van der Waals surface area (Å²) in [5.74, 6) is 2.00. The van der Waals surface area contributed by atoms with E-state index in [9.17, 15) is 0 Å². The van der Waals surface area contributed by atoms with E-state index in [2.05, 4.69) is 25.8 Å². The first-order chi connectivity index (χ1) is 11.9. The molecule has 3 heterocycles. The Hall–Kier alpha value is -2.74. The van der Waals surface area contributed by atoms with Gasteiger partial charge in [-0.1, -0.05) is 0 Å². The highest BCUT2D eigenvalue weighted by Gasteiger charge is 2.20. The summed E-state index contributed by atoms with van der Waals surface area (Å²) in [5.41, 5.74) is 1.69. The summed E-state index contributed by atoms with van der Waals surface area (Å²) >= 11 is 0. The first-order valence-corrected chi connectivity index (χ1v) is 8.00. The van der Waals surface area contributed by atoms with Gasteiger partial charge in [0.2, 0.25) is 0 Å². The Morgan fingerprint density at radius 1 is 1.21 bits per heavy atom. The lowest BCUT2D eigenvalue weighted by Gasteiger charge is -2.19. The Kier molecular flexibility index (Phi) is 4.20. The Labute approximate surface area is 138 Å². The van der Waals surface area contributed by atoms with Crippen molar-refractivity contribution in [2.24, 2.45) is 0 Å². The Balaban J connectivity index is 1.36. The average Bonchev–Trinajstić information content (AvgIpc) is 3.33. The van der Waals surface area contributed by atoms with Gasteiger partial charge in [0.15, 0.2) is 5.89 Å². The van der Waals surface area contributed by atoms with Crippen LogP contribution in [-0.4, -0.2) is 38.3 Å². The molecule has 8 heteroatoms. The van der Waals surface area contributed by atoms with Crippen LogP contribution in [0.1, 0.15) is 30.3 Å². The minimum atomic E-state index is 0.388. The maximum Gasteiger partial charge on any atom is 0.197 e. The number of nitrogens with zero attached hydrogens (tertiary/aromatic N) is 5. The monoisotopic (exact) mass is 326 g/mol. The lowest BCUT2D eigenvalue weighted by Crippen LogP contribution is -2.26. The van der Waals surface area contributed by atoms with Crippen LogP contribution in [-0.2, 0) is 6.61 Å². The van der Waals surface area contributed by atoms with E-state index in [0.717, 1.165) is 49.0 Å². The predicted molar refractivity (Wildman–Crippen MR) is 84.8 cm³/mol. The molecule has 0 radical (unpaired) electrons. The molecule has 0 amide bonds. The third kappa shape index (κ3) is 3.28. The number of hydrogen-bond acceptors (Lipinski definition) is 7. The van der Waals surface area contributed by atoms with Crippen LogP contribution in [0.5, 0.6) is 5.75 Å². The molecule has 1 aliphatic rings. The highest BCUT2D eigenvalue weighted by molar-refractivity contribution is 5.36. The van der Waals surface area contributed by atoms with Crippen molar-refractivity contribution in [1.29, 1.82) is 0 Å². The molecule has 8 nitrogen and oxygen atoms in total. The van der Waals surface area contributed by atoms with E-state index in [1.807, 2.05) is 24.3 Å². The molecule has 1 saturated heterocycles. The number of tetrazole rings is 1. The molecule has 0 saturated carbocycles. The molecule has 2 aromatic heterocycles. The average molecular weight is 326 g/mol. The zero-order valence-corrected chi connectivity index (χ0v) is 13.1. The Morgan fingerprint density at radius 3 is 2.79 bits per heavy atom. The minimum Gasteiger partial charge on any atom is -0.487 e. The fourth-order valence-electron chi connectivity index (χ4n) is 2.78. The molecule has 1 N–H and O–H groups in total. The van der Waals surface area contributed by atoms with Crippen LogP contribution in [0.2, 0.25) is 0 Å². The van der Waals surface area contributed by atoms with E-state index in [-0.39, 0.29) is 0 Å². The summed E-state index contributed by atoms with van der Waals surface area (Å²) in [5, 5.41) is 14.4. The molecule has 0 spiro atoms. The van der Waals surface area contributed by atoms with Crippen LogP contribution in [0.3, 0.4) is 0 Å². The molecule has 4 rings (SSSR count). The molecule has 0 bridgehead atoms. The smallest absolute Gasteiger partial charge is 0.197 e. The second-order valence-corrected chi connectivity index (χ2v) is 5.74. The van der Waals surface area contributed by atoms with Crippen LogP contribution in [0.4, 0.5) is 0 Å². The van der Waals surface area contributed by atoms with Crippen LogP contribution in [0, 0.1) is 0 Å². The van der Waals surface area contributed by atoms with Gasteiger partial charge in [-0.25, -0.2) is 9.67 Å². The van der Waals surface area contributed by atoms with Crippen molar-refractivity contribution in [1.82, 2.24) is 30.5 Å². The van der Waals surface area contributed by atoms with Gasteiger partial charge in [0.1, 0.15) is 30.6 Å². The predicted octanol–water partition coefficient (Wildman–Crippen LogP) is 1.70. The molecule has 0 aliphatic carbocycles. The zero-order chi connectivity index (χ0) is 16.2. The maximum atomic E-state index is 5.77. The van der Waals surface area contributed by atoms with E-state index in [1.165, 1.54) is 0 Å². The van der Waals surface area contributed by atoms with E-state index in [1.54, 1.807) is 17.3 Å². The molecule has 3 aromatic rings. The second-order valence-electron chi connectivity index (χ2n) is 5.74. The number of benzene rings is 1. The van der Waals surface area contributed by atoms with Gasteiger partial charge in [0.25, 0.3) is 0 Å². The number of piperidine rings is 1. The van der Waals surface area contributed by atoms with Gasteiger partial charge in [-0.3, -0.25) is 0 Å². The highest BCUT2D eigenvalue weighted by atomic mass is 16.5. The first kappa shape index (κ1) is 14.8. The standard InChI is InChI=1S/C16H18N6O2/c1-3-15(4-2-14(1)22-11-18-20-21-22)23-9-13-10-24-16(19-13)12-5-7-17-8-6-12/h1-4,10-12,17H,5-9H2. The van der Waals surface area contributed by atoms with Gasteiger partial charge in [-0.15, -0.1) is 5.10 Å². The fraction of sp³-hybridized carbons (Fsp3) is 0.375. The number of aromatic nitrogens is 5. The minimum absolute atomic E-state index is 0.388. The topological polar surface area (TPSA) is 90.9 Å². The summed E-state index contributed by atoms with van der Waals surface area (Å²) in [7, 11) is 0. The SMILES string of the molecule is c1cc(-n2cnnn2)ccc1OCc1coc(C2CCNCC2)n1. The zero-order valence-electron chi connectivity index (χ0n) is 13.1. The number of rotatable bonds is 5. The summed E-state index contributed by atoms with van der Waals surface area (Å²) < 4.78 is 13.0. The lowest BCUT2D eigenvalue weighted by molar-refractivity contribution is 0.301. The number of ether oxygens (including phenoxy) is 1. The molecular weight excluding hydrogens is 308 g/mol. The van der Waals surface area contributed by atoms with E-state index in [0.29, 0.717) is 12.5 Å².